The van der Waals surface area contributed by atoms with Crippen LogP contribution in [0.25, 0.3) is 0 Å². The van der Waals surface area contributed by atoms with E-state index in [-0.39, 0.29) is 5.25 Å². The van der Waals surface area contributed by atoms with E-state index in [1.807, 2.05) is 20.8 Å². The van der Waals surface area contributed by atoms with Crippen molar-refractivity contribution >= 4 is 21.5 Å². The van der Waals surface area contributed by atoms with Crippen LogP contribution in [0.4, 0.5) is 11.6 Å². The fourth-order valence-electron chi connectivity index (χ4n) is 2.53. The zero-order chi connectivity index (χ0) is 15.5. The molecule has 21 heavy (non-hydrogen) atoms. The summed E-state index contributed by atoms with van der Waals surface area (Å²) in [7, 11) is -2.93. The largest absolute Gasteiger partial charge is 0.370 e. The Kier molecular flexibility index (Phi) is 5.03. The summed E-state index contributed by atoms with van der Waals surface area (Å²) in [5, 5.41) is 6.15. The Balaban J connectivity index is 2.17. The molecule has 0 aliphatic carbocycles. The van der Waals surface area contributed by atoms with Gasteiger partial charge in [-0.05, 0) is 26.7 Å². The molecule has 1 atom stereocenters. The number of nitrogens with zero attached hydrogens (tertiary/aromatic N) is 2. The summed E-state index contributed by atoms with van der Waals surface area (Å²) in [6.07, 6.45) is 2.25. The zero-order valence-electron chi connectivity index (χ0n) is 12.9. The van der Waals surface area contributed by atoms with Gasteiger partial charge in [0.05, 0.1) is 11.0 Å². The Bertz CT molecular complexity index is 601. The van der Waals surface area contributed by atoms with Crippen LogP contribution in [0.1, 0.15) is 38.1 Å². The standard InChI is InChI=1S/C14H24N4O2S/c1-4-12-17-13(15-5-2)10(3)14(18-12)16-9-11-7-6-8-21(11,19)20/h11H,4-9H2,1-3H3,(H2,15,16,17,18). The van der Waals surface area contributed by atoms with Crippen LogP contribution >= 0.6 is 0 Å². The lowest BCUT2D eigenvalue weighted by molar-refractivity contribution is 0.591. The number of aromatic nitrogens is 2. The van der Waals surface area contributed by atoms with Crippen molar-refractivity contribution in [1.29, 1.82) is 0 Å². The van der Waals surface area contributed by atoms with Gasteiger partial charge in [0, 0.05) is 25.1 Å². The van der Waals surface area contributed by atoms with E-state index in [1.54, 1.807) is 0 Å². The van der Waals surface area contributed by atoms with Gasteiger partial charge in [-0.15, -0.1) is 0 Å². The fraction of sp³-hybridized carbons (Fsp3) is 0.714. The molecule has 7 heteroatoms. The number of aryl methyl sites for hydroxylation is 1. The first-order valence-electron chi connectivity index (χ1n) is 7.54. The highest BCUT2D eigenvalue weighted by Crippen LogP contribution is 2.23. The first kappa shape index (κ1) is 16.0. The minimum atomic E-state index is -2.93. The van der Waals surface area contributed by atoms with Crippen molar-refractivity contribution in [2.75, 3.05) is 29.5 Å². The summed E-state index contributed by atoms with van der Waals surface area (Å²) >= 11 is 0. The van der Waals surface area contributed by atoms with Crippen LogP contribution in [0.3, 0.4) is 0 Å². The van der Waals surface area contributed by atoms with E-state index in [2.05, 4.69) is 20.6 Å². The third-order valence-electron chi connectivity index (χ3n) is 3.81. The molecule has 0 spiro atoms. The Hall–Kier alpha value is -1.37. The van der Waals surface area contributed by atoms with Gasteiger partial charge in [0.25, 0.3) is 0 Å². The van der Waals surface area contributed by atoms with Gasteiger partial charge in [-0.1, -0.05) is 6.92 Å². The molecule has 1 saturated heterocycles. The van der Waals surface area contributed by atoms with Crippen molar-refractivity contribution < 1.29 is 8.42 Å². The maximum atomic E-state index is 11.9. The summed E-state index contributed by atoms with van der Waals surface area (Å²) in [6.45, 7) is 7.19. The van der Waals surface area contributed by atoms with Gasteiger partial charge in [0.1, 0.15) is 17.5 Å². The minimum Gasteiger partial charge on any atom is -0.370 e. The summed E-state index contributed by atoms with van der Waals surface area (Å²) in [6, 6.07) is 0. The maximum absolute atomic E-state index is 11.9. The van der Waals surface area contributed by atoms with E-state index in [4.69, 9.17) is 0 Å². The van der Waals surface area contributed by atoms with Crippen LogP contribution in [0.15, 0.2) is 0 Å². The molecule has 6 nitrogen and oxygen atoms in total. The highest BCUT2D eigenvalue weighted by molar-refractivity contribution is 7.92. The molecule has 0 saturated carbocycles. The number of rotatable bonds is 6. The fourth-order valence-corrected chi connectivity index (χ4v) is 4.30. The lowest BCUT2D eigenvalue weighted by Gasteiger charge is -2.16. The van der Waals surface area contributed by atoms with Crippen molar-refractivity contribution in [3.8, 4) is 0 Å². The van der Waals surface area contributed by atoms with Crippen LogP contribution in [-0.4, -0.2) is 42.5 Å². The summed E-state index contributed by atoms with van der Waals surface area (Å²) in [5.41, 5.74) is 0.935. The van der Waals surface area contributed by atoms with Crippen LogP contribution in [0.2, 0.25) is 0 Å². The molecule has 0 bridgehead atoms. The van der Waals surface area contributed by atoms with Gasteiger partial charge >= 0.3 is 0 Å². The topological polar surface area (TPSA) is 84.0 Å². The van der Waals surface area contributed by atoms with Gasteiger partial charge in [-0.25, -0.2) is 18.4 Å². The molecule has 1 fully saturated rings. The van der Waals surface area contributed by atoms with Crippen molar-refractivity contribution in [2.24, 2.45) is 0 Å². The van der Waals surface area contributed by atoms with Gasteiger partial charge in [-0.2, -0.15) is 0 Å². The normalized spacial score (nSPS) is 20.4. The quantitative estimate of drug-likeness (QED) is 0.833. The molecule has 118 valence electrons. The zero-order valence-corrected chi connectivity index (χ0v) is 13.8. The van der Waals surface area contributed by atoms with Gasteiger partial charge in [-0.3, -0.25) is 0 Å². The maximum Gasteiger partial charge on any atom is 0.154 e. The molecule has 0 aromatic carbocycles. The van der Waals surface area contributed by atoms with Crippen molar-refractivity contribution in [3.63, 3.8) is 0 Å². The molecular formula is C14H24N4O2S. The smallest absolute Gasteiger partial charge is 0.154 e. The summed E-state index contributed by atoms with van der Waals surface area (Å²) in [5.74, 6) is 2.62. The number of sulfone groups is 1. The molecule has 2 heterocycles. The summed E-state index contributed by atoms with van der Waals surface area (Å²) in [4.78, 5) is 8.95. The number of hydrogen-bond donors (Lipinski definition) is 2. The average Bonchev–Trinajstić information content (AvgIpc) is 2.78. The molecule has 1 aromatic heterocycles. The molecule has 1 aromatic rings. The Labute approximate surface area is 126 Å². The van der Waals surface area contributed by atoms with Crippen molar-refractivity contribution in [1.82, 2.24) is 9.97 Å². The lowest BCUT2D eigenvalue weighted by Crippen LogP contribution is -2.26. The Morgan fingerprint density at radius 3 is 2.38 bits per heavy atom. The number of nitrogens with one attached hydrogen (secondary N) is 2. The predicted molar refractivity (Wildman–Crippen MR) is 85.6 cm³/mol. The molecule has 1 aliphatic heterocycles. The van der Waals surface area contributed by atoms with E-state index in [0.717, 1.165) is 48.8 Å². The van der Waals surface area contributed by atoms with E-state index >= 15 is 0 Å². The second-order valence-electron chi connectivity index (χ2n) is 5.36. The lowest BCUT2D eigenvalue weighted by atomic mass is 10.2. The third-order valence-corrected chi connectivity index (χ3v) is 6.09. The highest BCUT2D eigenvalue weighted by Gasteiger charge is 2.31. The van der Waals surface area contributed by atoms with E-state index in [0.29, 0.717) is 12.3 Å². The monoisotopic (exact) mass is 312 g/mol. The molecule has 1 unspecified atom stereocenters. The van der Waals surface area contributed by atoms with Gasteiger partial charge in [0.15, 0.2) is 9.84 Å². The molecule has 1 aliphatic rings. The Morgan fingerprint density at radius 1 is 1.19 bits per heavy atom. The van der Waals surface area contributed by atoms with Crippen molar-refractivity contribution in [2.45, 2.75) is 45.3 Å². The Morgan fingerprint density at radius 2 is 1.86 bits per heavy atom. The average molecular weight is 312 g/mol. The number of hydrogen-bond acceptors (Lipinski definition) is 6. The van der Waals surface area contributed by atoms with Crippen LogP contribution in [-0.2, 0) is 16.3 Å². The first-order chi connectivity index (χ1) is 9.97. The molecule has 2 N–H and O–H groups in total. The second-order valence-corrected chi connectivity index (χ2v) is 7.76. The summed E-state index contributed by atoms with van der Waals surface area (Å²) < 4.78 is 23.8. The van der Waals surface area contributed by atoms with Crippen LogP contribution in [0.5, 0.6) is 0 Å². The second kappa shape index (κ2) is 6.60. The van der Waals surface area contributed by atoms with Gasteiger partial charge < -0.3 is 10.6 Å². The number of anilines is 2. The molecular weight excluding hydrogens is 288 g/mol. The van der Waals surface area contributed by atoms with Crippen LogP contribution in [0, 0.1) is 6.92 Å². The van der Waals surface area contributed by atoms with Crippen molar-refractivity contribution in [3.05, 3.63) is 11.4 Å². The van der Waals surface area contributed by atoms with Crippen LogP contribution < -0.4 is 10.6 Å². The SMILES string of the molecule is CCNc1nc(CC)nc(NCC2CCCS2(=O)=O)c1C. The van der Waals surface area contributed by atoms with E-state index < -0.39 is 9.84 Å². The predicted octanol–water partition coefficient (Wildman–Crippen LogP) is 1.77. The molecule has 0 radical (unpaired) electrons. The van der Waals surface area contributed by atoms with E-state index in [1.165, 1.54) is 0 Å². The molecule has 0 amide bonds. The first-order valence-corrected chi connectivity index (χ1v) is 9.26. The molecule has 2 rings (SSSR count). The van der Waals surface area contributed by atoms with E-state index in [9.17, 15) is 8.42 Å². The highest BCUT2D eigenvalue weighted by atomic mass is 32.2. The van der Waals surface area contributed by atoms with Gasteiger partial charge in [0.2, 0.25) is 0 Å². The minimum absolute atomic E-state index is 0.292. The third kappa shape index (κ3) is 3.64.